The summed E-state index contributed by atoms with van der Waals surface area (Å²) in [5.74, 6) is -0.422. The maximum Gasteiger partial charge on any atom is 0.338 e. The standard InChI is InChI=1S/C21H30N4O3/c1-14(2)25-11-9-24(10-12-25)13-17-18(20(26)28-4)19(23-21(27)22-17)16-7-5-15(3)6-8-16/h5-8,14,19H,9-13H2,1-4H3,(H2,22,23,27). The van der Waals surface area contributed by atoms with Gasteiger partial charge in [-0.2, -0.15) is 0 Å². The summed E-state index contributed by atoms with van der Waals surface area (Å²) in [7, 11) is 1.37. The predicted octanol–water partition coefficient (Wildman–Crippen LogP) is 1.80. The van der Waals surface area contributed by atoms with Crippen molar-refractivity contribution < 1.29 is 14.3 Å². The van der Waals surface area contributed by atoms with Gasteiger partial charge in [-0.3, -0.25) is 9.80 Å². The molecule has 1 aromatic carbocycles. The van der Waals surface area contributed by atoms with Crippen LogP contribution in [0.3, 0.4) is 0 Å². The number of hydrogen-bond acceptors (Lipinski definition) is 5. The van der Waals surface area contributed by atoms with Gasteiger partial charge in [-0.25, -0.2) is 9.59 Å². The van der Waals surface area contributed by atoms with Crippen molar-refractivity contribution in [3.8, 4) is 0 Å². The normalized spacial score (nSPS) is 21.5. The lowest BCUT2D eigenvalue weighted by Crippen LogP contribution is -2.52. The number of esters is 1. The zero-order valence-electron chi connectivity index (χ0n) is 17.1. The molecule has 1 aromatic rings. The molecule has 2 amide bonds. The number of carbonyl (C=O) groups is 2. The summed E-state index contributed by atoms with van der Waals surface area (Å²) in [6, 6.07) is 7.53. The first-order valence-electron chi connectivity index (χ1n) is 9.81. The van der Waals surface area contributed by atoms with Crippen LogP contribution in [0.5, 0.6) is 0 Å². The molecular formula is C21H30N4O3. The molecule has 7 heteroatoms. The number of hydrogen-bond donors (Lipinski definition) is 2. The van der Waals surface area contributed by atoms with E-state index >= 15 is 0 Å². The maximum absolute atomic E-state index is 12.6. The first-order chi connectivity index (χ1) is 13.4. The average Bonchev–Trinajstić information content (AvgIpc) is 2.68. The smallest absolute Gasteiger partial charge is 0.338 e. The third-order valence-corrected chi connectivity index (χ3v) is 5.49. The Balaban J connectivity index is 1.87. The molecule has 2 aliphatic heterocycles. The third-order valence-electron chi connectivity index (χ3n) is 5.49. The summed E-state index contributed by atoms with van der Waals surface area (Å²) in [6.45, 7) is 10.7. The van der Waals surface area contributed by atoms with Gasteiger partial charge >= 0.3 is 12.0 Å². The van der Waals surface area contributed by atoms with E-state index in [2.05, 4.69) is 34.3 Å². The average molecular weight is 386 g/mol. The van der Waals surface area contributed by atoms with Crippen molar-refractivity contribution in [3.63, 3.8) is 0 Å². The van der Waals surface area contributed by atoms with Gasteiger partial charge in [0.2, 0.25) is 0 Å². The lowest BCUT2D eigenvalue weighted by molar-refractivity contribution is -0.136. The fraction of sp³-hybridized carbons (Fsp3) is 0.524. The summed E-state index contributed by atoms with van der Waals surface area (Å²) >= 11 is 0. The van der Waals surface area contributed by atoms with E-state index in [1.54, 1.807) is 0 Å². The van der Waals surface area contributed by atoms with Crippen molar-refractivity contribution in [2.75, 3.05) is 39.8 Å². The number of urea groups is 1. The van der Waals surface area contributed by atoms with Crippen LogP contribution in [-0.4, -0.2) is 67.7 Å². The van der Waals surface area contributed by atoms with Gasteiger partial charge in [-0.1, -0.05) is 29.8 Å². The van der Waals surface area contributed by atoms with Crippen LogP contribution in [0.1, 0.15) is 31.0 Å². The highest BCUT2D eigenvalue weighted by atomic mass is 16.5. The molecule has 1 unspecified atom stereocenters. The Bertz CT molecular complexity index is 749. The third kappa shape index (κ3) is 4.54. The lowest BCUT2D eigenvalue weighted by atomic mass is 9.94. The molecule has 152 valence electrons. The maximum atomic E-state index is 12.6. The van der Waals surface area contributed by atoms with Crippen molar-refractivity contribution in [1.82, 2.24) is 20.4 Å². The van der Waals surface area contributed by atoms with Crippen LogP contribution in [0.4, 0.5) is 4.79 Å². The van der Waals surface area contributed by atoms with Gasteiger partial charge in [-0.15, -0.1) is 0 Å². The molecule has 0 radical (unpaired) electrons. The molecule has 3 rings (SSSR count). The number of carbonyl (C=O) groups excluding carboxylic acids is 2. The highest BCUT2D eigenvalue weighted by Gasteiger charge is 2.34. The van der Waals surface area contributed by atoms with Gasteiger partial charge in [0.05, 0.1) is 18.7 Å². The van der Waals surface area contributed by atoms with Crippen LogP contribution in [0.15, 0.2) is 35.5 Å². The van der Waals surface area contributed by atoms with Gasteiger partial charge in [0.1, 0.15) is 0 Å². The van der Waals surface area contributed by atoms with E-state index in [0.717, 1.165) is 37.3 Å². The molecule has 0 spiro atoms. The van der Waals surface area contributed by atoms with Crippen molar-refractivity contribution in [2.45, 2.75) is 32.9 Å². The molecule has 1 atom stereocenters. The summed E-state index contributed by atoms with van der Waals surface area (Å²) in [5.41, 5.74) is 3.08. The van der Waals surface area contributed by atoms with E-state index in [4.69, 9.17) is 4.74 Å². The number of aryl methyl sites for hydroxylation is 1. The quantitative estimate of drug-likeness (QED) is 0.755. The molecule has 2 N–H and O–H groups in total. The van der Waals surface area contributed by atoms with Crippen molar-refractivity contribution >= 4 is 12.0 Å². The Morgan fingerprint density at radius 3 is 2.39 bits per heavy atom. The molecule has 2 aliphatic rings. The Kier molecular flexibility index (Phi) is 6.36. The molecule has 1 saturated heterocycles. The Morgan fingerprint density at radius 1 is 1.18 bits per heavy atom. The predicted molar refractivity (Wildman–Crippen MR) is 108 cm³/mol. The van der Waals surface area contributed by atoms with Gasteiger partial charge in [-0.05, 0) is 26.3 Å². The van der Waals surface area contributed by atoms with E-state index in [9.17, 15) is 9.59 Å². The number of benzene rings is 1. The molecule has 1 fully saturated rings. The van der Waals surface area contributed by atoms with E-state index < -0.39 is 12.0 Å². The Labute approximate surface area is 166 Å². The molecule has 2 heterocycles. The van der Waals surface area contributed by atoms with E-state index in [1.807, 2.05) is 31.2 Å². The number of methoxy groups -OCH3 is 1. The van der Waals surface area contributed by atoms with Gasteiger partial charge in [0.25, 0.3) is 0 Å². The van der Waals surface area contributed by atoms with Crippen LogP contribution in [0, 0.1) is 6.92 Å². The highest BCUT2D eigenvalue weighted by molar-refractivity contribution is 5.95. The lowest BCUT2D eigenvalue weighted by Gasteiger charge is -2.38. The first kappa shape index (κ1) is 20.4. The molecule has 28 heavy (non-hydrogen) atoms. The van der Waals surface area contributed by atoms with Crippen LogP contribution in [0.2, 0.25) is 0 Å². The second-order valence-electron chi connectivity index (χ2n) is 7.73. The zero-order valence-corrected chi connectivity index (χ0v) is 17.1. The van der Waals surface area contributed by atoms with Crippen LogP contribution >= 0.6 is 0 Å². The molecule has 7 nitrogen and oxygen atoms in total. The summed E-state index contributed by atoms with van der Waals surface area (Å²) in [5, 5.41) is 5.72. The van der Waals surface area contributed by atoms with E-state index in [0.29, 0.717) is 23.9 Å². The molecule has 0 bridgehead atoms. The Morgan fingerprint density at radius 2 is 1.82 bits per heavy atom. The topological polar surface area (TPSA) is 73.9 Å². The van der Waals surface area contributed by atoms with Crippen LogP contribution in [-0.2, 0) is 9.53 Å². The first-order valence-corrected chi connectivity index (χ1v) is 9.81. The molecule has 0 aliphatic carbocycles. The SMILES string of the molecule is COC(=O)C1=C(CN2CCN(C(C)C)CC2)NC(=O)NC1c1ccc(C)cc1. The number of piperazine rings is 1. The van der Waals surface area contributed by atoms with E-state index in [1.165, 1.54) is 7.11 Å². The summed E-state index contributed by atoms with van der Waals surface area (Å²) in [6.07, 6.45) is 0. The van der Waals surface area contributed by atoms with Crippen LogP contribution in [0.25, 0.3) is 0 Å². The number of ether oxygens (including phenoxy) is 1. The fourth-order valence-electron chi connectivity index (χ4n) is 3.76. The highest BCUT2D eigenvalue weighted by Crippen LogP contribution is 2.28. The largest absolute Gasteiger partial charge is 0.466 e. The van der Waals surface area contributed by atoms with Crippen molar-refractivity contribution in [3.05, 3.63) is 46.7 Å². The number of rotatable bonds is 5. The number of nitrogens with zero attached hydrogens (tertiary/aromatic N) is 2. The zero-order chi connectivity index (χ0) is 20.3. The minimum Gasteiger partial charge on any atom is -0.466 e. The second-order valence-corrected chi connectivity index (χ2v) is 7.73. The van der Waals surface area contributed by atoms with Crippen molar-refractivity contribution in [1.29, 1.82) is 0 Å². The van der Waals surface area contributed by atoms with E-state index in [-0.39, 0.29) is 6.03 Å². The molecule has 0 saturated carbocycles. The molecule has 0 aromatic heterocycles. The minimum absolute atomic E-state index is 0.297. The fourth-order valence-corrected chi connectivity index (χ4v) is 3.76. The Hall–Kier alpha value is -2.38. The van der Waals surface area contributed by atoms with Crippen molar-refractivity contribution in [2.24, 2.45) is 0 Å². The van der Waals surface area contributed by atoms with Gasteiger partial charge in [0.15, 0.2) is 0 Å². The van der Waals surface area contributed by atoms with Gasteiger partial charge in [0, 0.05) is 44.5 Å². The van der Waals surface area contributed by atoms with Gasteiger partial charge < -0.3 is 15.4 Å². The second kappa shape index (κ2) is 8.75. The monoisotopic (exact) mass is 386 g/mol. The number of nitrogens with one attached hydrogen (secondary N) is 2. The number of amides is 2. The molecular weight excluding hydrogens is 356 g/mol. The van der Waals surface area contributed by atoms with Crippen LogP contribution < -0.4 is 10.6 Å². The summed E-state index contributed by atoms with van der Waals surface area (Å²) in [4.78, 5) is 29.7. The summed E-state index contributed by atoms with van der Waals surface area (Å²) < 4.78 is 5.05. The minimum atomic E-state index is -0.520.